The number of aromatic nitrogens is 1. The Morgan fingerprint density at radius 1 is 0.469 bits per heavy atom. The van der Waals surface area contributed by atoms with Gasteiger partial charge in [0.25, 0.3) is 0 Å². The lowest BCUT2D eigenvalue weighted by molar-refractivity contribution is 0.639. The van der Waals surface area contributed by atoms with Crippen LogP contribution in [0.5, 0.6) is 0 Å². The van der Waals surface area contributed by atoms with E-state index in [9.17, 15) is 0 Å². The molecule has 11 rings (SSSR count). The maximum atomic E-state index is 2.39. The van der Waals surface area contributed by atoms with Crippen LogP contribution in [0.4, 0.5) is 11.4 Å². The molecule has 8 aromatic carbocycles. The largest absolute Gasteiger partial charge is 0.311 e. The van der Waals surface area contributed by atoms with Gasteiger partial charge in [0.2, 0.25) is 0 Å². The van der Waals surface area contributed by atoms with Gasteiger partial charge in [-0.1, -0.05) is 173 Å². The molecule has 0 amide bonds. The molecule has 2 heteroatoms. The molecule has 0 saturated heterocycles. The summed E-state index contributed by atoms with van der Waals surface area (Å²) in [6, 6.07) is 69.3. The van der Waals surface area contributed by atoms with Crippen LogP contribution >= 0.6 is 0 Å². The Morgan fingerprint density at radius 3 is 1.69 bits per heavy atom. The van der Waals surface area contributed by atoms with Crippen LogP contribution < -0.4 is 4.90 Å². The highest BCUT2D eigenvalue weighted by atomic mass is 15.1. The summed E-state index contributed by atoms with van der Waals surface area (Å²) >= 11 is 0. The predicted molar refractivity (Wildman–Crippen MR) is 273 cm³/mol. The highest BCUT2D eigenvalue weighted by Gasteiger charge is 2.36. The van der Waals surface area contributed by atoms with Gasteiger partial charge in [-0.05, 0) is 142 Å². The third-order valence-electron chi connectivity index (χ3n) is 14.4. The van der Waals surface area contributed by atoms with Crippen LogP contribution in [-0.2, 0) is 10.8 Å². The Hall–Kier alpha value is -7.42. The molecule has 0 saturated carbocycles. The summed E-state index contributed by atoms with van der Waals surface area (Å²) in [5, 5.41) is 2.51. The number of rotatable bonds is 8. The van der Waals surface area contributed by atoms with E-state index >= 15 is 0 Å². The Bertz CT molecular complexity index is 3370. The van der Waals surface area contributed by atoms with Gasteiger partial charge in [0, 0.05) is 44.4 Å². The number of allylic oxidation sites excluding steroid dienone is 5. The minimum atomic E-state index is -0.0213. The van der Waals surface area contributed by atoms with Gasteiger partial charge < -0.3 is 9.47 Å². The smallest absolute Gasteiger partial charge is 0.0541 e. The Labute approximate surface area is 377 Å². The SMILES string of the molecule is C/C=C(\C=C/C1=C(C)C(C)(C)c2ccccc21)N(c1ccc(-c2ccc3c(c2)-c2ccccc2C3(C)C)cc1)c1ccc(-c2ccc3c(c2)c2ccccc2n3-c2ccccc2)cc1. The molecule has 310 valence electrons. The van der Waals surface area contributed by atoms with Crippen LogP contribution in [0.15, 0.2) is 218 Å². The summed E-state index contributed by atoms with van der Waals surface area (Å²) in [5.41, 5.74) is 22.6. The average molecular weight is 825 g/mol. The highest BCUT2D eigenvalue weighted by molar-refractivity contribution is 6.10. The molecule has 0 N–H and O–H groups in total. The lowest BCUT2D eigenvalue weighted by Crippen LogP contribution is -2.15. The first kappa shape index (κ1) is 39.4. The first-order valence-corrected chi connectivity index (χ1v) is 22.6. The van der Waals surface area contributed by atoms with Crippen molar-refractivity contribution in [2.45, 2.75) is 52.4 Å². The van der Waals surface area contributed by atoms with E-state index in [4.69, 9.17) is 0 Å². The van der Waals surface area contributed by atoms with Gasteiger partial charge in [0.05, 0.1) is 11.0 Å². The third kappa shape index (κ3) is 6.23. The molecule has 0 aliphatic heterocycles. The first-order chi connectivity index (χ1) is 31.1. The van der Waals surface area contributed by atoms with E-state index in [0.29, 0.717) is 0 Å². The van der Waals surface area contributed by atoms with Gasteiger partial charge in [0.15, 0.2) is 0 Å². The Balaban J connectivity index is 0.979. The maximum Gasteiger partial charge on any atom is 0.0541 e. The van der Waals surface area contributed by atoms with Crippen molar-refractivity contribution >= 4 is 38.8 Å². The third-order valence-corrected chi connectivity index (χ3v) is 14.4. The second-order valence-corrected chi connectivity index (χ2v) is 18.5. The summed E-state index contributed by atoms with van der Waals surface area (Å²) in [5.74, 6) is 0. The van der Waals surface area contributed by atoms with Crippen molar-refractivity contribution in [3.8, 4) is 39.1 Å². The molecule has 64 heavy (non-hydrogen) atoms. The molecular formula is C62H52N2. The minimum Gasteiger partial charge on any atom is -0.311 e. The van der Waals surface area contributed by atoms with Gasteiger partial charge in [-0.2, -0.15) is 0 Å². The van der Waals surface area contributed by atoms with E-state index in [1.807, 2.05) is 0 Å². The molecule has 2 aliphatic carbocycles. The van der Waals surface area contributed by atoms with E-state index in [1.165, 1.54) is 94.3 Å². The van der Waals surface area contributed by atoms with Gasteiger partial charge in [-0.3, -0.25) is 0 Å². The van der Waals surface area contributed by atoms with Crippen molar-refractivity contribution in [1.29, 1.82) is 0 Å². The minimum absolute atomic E-state index is 0.0127. The fourth-order valence-electron chi connectivity index (χ4n) is 10.6. The van der Waals surface area contributed by atoms with Crippen LogP contribution in [0.1, 0.15) is 63.8 Å². The van der Waals surface area contributed by atoms with E-state index in [-0.39, 0.29) is 10.8 Å². The van der Waals surface area contributed by atoms with Crippen LogP contribution in [0.25, 0.3) is 66.4 Å². The zero-order valence-corrected chi connectivity index (χ0v) is 37.5. The normalized spacial score (nSPS) is 14.9. The van der Waals surface area contributed by atoms with Crippen LogP contribution in [-0.4, -0.2) is 4.57 Å². The number of benzene rings is 8. The summed E-state index contributed by atoms with van der Waals surface area (Å²) in [7, 11) is 0. The number of hydrogen-bond acceptors (Lipinski definition) is 1. The molecular weight excluding hydrogens is 773 g/mol. The molecule has 2 nitrogen and oxygen atoms in total. The fraction of sp³-hybridized carbons (Fsp3) is 0.129. The number of hydrogen-bond donors (Lipinski definition) is 0. The molecule has 9 aromatic rings. The molecule has 0 bridgehead atoms. The maximum absolute atomic E-state index is 2.39. The van der Waals surface area contributed by atoms with E-state index in [1.54, 1.807) is 0 Å². The van der Waals surface area contributed by atoms with Crippen molar-refractivity contribution in [2.75, 3.05) is 4.90 Å². The topological polar surface area (TPSA) is 8.17 Å². The lowest BCUT2D eigenvalue weighted by Gasteiger charge is -2.27. The van der Waals surface area contributed by atoms with Crippen LogP contribution in [0.2, 0.25) is 0 Å². The summed E-state index contributed by atoms with van der Waals surface area (Å²) in [6.07, 6.45) is 6.87. The van der Waals surface area contributed by atoms with Crippen molar-refractivity contribution < 1.29 is 0 Å². The summed E-state index contributed by atoms with van der Waals surface area (Å²) in [4.78, 5) is 2.39. The molecule has 0 atom stereocenters. The lowest BCUT2D eigenvalue weighted by atomic mass is 9.82. The van der Waals surface area contributed by atoms with Crippen molar-refractivity contribution in [1.82, 2.24) is 4.57 Å². The summed E-state index contributed by atoms with van der Waals surface area (Å²) in [6.45, 7) is 13.8. The highest BCUT2D eigenvalue weighted by Crippen LogP contribution is 2.50. The number of fused-ring (bicyclic) bond motifs is 7. The molecule has 2 aliphatic rings. The number of para-hydroxylation sites is 2. The standard InChI is InChI=1S/C62H52N2/c1-7-46(35-36-50-41(2)61(3,4)56-22-14-11-19-51(50)56)63(48-31-25-42(26-32-48)44-29-37-58-54(39-44)52-20-12-15-23-57(52)62(58,5)6)49-33-27-43(28-34-49)45-30-38-60-55(40-45)53-21-13-16-24-59(53)64(60)47-17-9-8-10-18-47/h7-40H,1-6H3/b36-35-,46-7+. The van der Waals surface area contributed by atoms with Crippen molar-refractivity contribution in [3.63, 3.8) is 0 Å². The van der Waals surface area contributed by atoms with Crippen LogP contribution in [0, 0.1) is 0 Å². The number of nitrogens with zero attached hydrogens (tertiary/aromatic N) is 2. The van der Waals surface area contributed by atoms with Crippen molar-refractivity contribution in [2.24, 2.45) is 0 Å². The van der Waals surface area contributed by atoms with Crippen LogP contribution in [0.3, 0.4) is 0 Å². The predicted octanol–water partition coefficient (Wildman–Crippen LogP) is 16.8. The Kier molecular flexibility index (Phi) is 9.33. The zero-order valence-electron chi connectivity index (χ0n) is 37.5. The second kappa shape index (κ2) is 15.1. The van der Waals surface area contributed by atoms with Crippen molar-refractivity contribution in [3.05, 3.63) is 240 Å². The molecule has 0 unspecified atom stereocenters. The van der Waals surface area contributed by atoms with E-state index in [0.717, 1.165) is 17.1 Å². The molecule has 0 fully saturated rings. The molecule has 1 heterocycles. The van der Waals surface area contributed by atoms with Gasteiger partial charge in [-0.25, -0.2) is 0 Å². The second-order valence-electron chi connectivity index (χ2n) is 18.5. The summed E-state index contributed by atoms with van der Waals surface area (Å²) < 4.78 is 2.37. The molecule has 0 radical (unpaired) electrons. The zero-order chi connectivity index (χ0) is 43.7. The van der Waals surface area contributed by atoms with E-state index in [2.05, 4.69) is 257 Å². The first-order valence-electron chi connectivity index (χ1n) is 22.6. The van der Waals surface area contributed by atoms with Gasteiger partial charge in [-0.15, -0.1) is 0 Å². The fourth-order valence-corrected chi connectivity index (χ4v) is 10.6. The van der Waals surface area contributed by atoms with Gasteiger partial charge in [0.1, 0.15) is 0 Å². The van der Waals surface area contributed by atoms with Gasteiger partial charge >= 0.3 is 0 Å². The molecule has 0 spiro atoms. The monoisotopic (exact) mass is 824 g/mol. The average Bonchev–Trinajstić information content (AvgIpc) is 3.86. The molecule has 1 aromatic heterocycles. The van der Waals surface area contributed by atoms with E-state index < -0.39 is 0 Å². The Morgan fingerprint density at radius 2 is 1.00 bits per heavy atom. The quantitative estimate of drug-likeness (QED) is 0.139. The number of anilines is 2.